The highest BCUT2D eigenvalue weighted by molar-refractivity contribution is 6.32. The quantitative estimate of drug-likeness (QED) is 0.760. The molecule has 0 saturated heterocycles. The fraction of sp³-hybridized carbons (Fsp3) is 0.588. The van der Waals surface area contributed by atoms with E-state index in [2.05, 4.69) is 5.32 Å². The first kappa shape index (κ1) is 19.6. The molecule has 1 aromatic carbocycles. The molecule has 1 amide bonds. The van der Waals surface area contributed by atoms with Crippen molar-refractivity contribution in [2.75, 3.05) is 13.7 Å². The zero-order chi connectivity index (χ0) is 17.6. The van der Waals surface area contributed by atoms with E-state index in [4.69, 9.17) is 21.1 Å². The fourth-order valence-electron chi connectivity index (χ4n) is 2.12. The number of aliphatic hydroxyl groups excluding tert-OH is 1. The predicted octanol–water partition coefficient (Wildman–Crippen LogP) is 3.27. The Morgan fingerprint density at radius 3 is 2.48 bits per heavy atom. The molecule has 5 nitrogen and oxygen atoms in total. The zero-order valence-corrected chi connectivity index (χ0v) is 15.1. The summed E-state index contributed by atoms with van der Waals surface area (Å²) in [6, 6.07) is 3.01. The van der Waals surface area contributed by atoms with E-state index in [1.165, 1.54) is 7.11 Å². The lowest BCUT2D eigenvalue weighted by Gasteiger charge is -2.18. The first-order valence-electron chi connectivity index (χ1n) is 7.73. The molecule has 0 saturated carbocycles. The molecule has 0 unspecified atom stereocenters. The molecule has 0 fully saturated rings. The fourth-order valence-corrected chi connectivity index (χ4v) is 2.38. The molecule has 6 heteroatoms. The molecule has 0 bridgehead atoms. The Kier molecular flexibility index (Phi) is 7.65. The maximum atomic E-state index is 12.3. The largest absolute Gasteiger partial charge is 0.493 e. The molecule has 0 aromatic heterocycles. The average molecular weight is 344 g/mol. The van der Waals surface area contributed by atoms with Gasteiger partial charge in [0, 0.05) is 11.6 Å². The number of benzene rings is 1. The Balaban J connectivity index is 2.92. The number of hydrogen-bond donors (Lipinski definition) is 2. The second-order valence-electron chi connectivity index (χ2n) is 6.15. The van der Waals surface area contributed by atoms with Crippen molar-refractivity contribution in [3.63, 3.8) is 0 Å². The third kappa shape index (κ3) is 6.28. The number of nitrogens with one attached hydrogen (secondary N) is 1. The molecule has 1 rings (SSSR count). The number of methoxy groups -OCH3 is 1. The van der Waals surface area contributed by atoms with Crippen LogP contribution in [0.2, 0.25) is 5.02 Å². The number of carbonyl (C=O) groups is 1. The second kappa shape index (κ2) is 8.99. The van der Waals surface area contributed by atoms with Gasteiger partial charge >= 0.3 is 0 Å². The minimum atomic E-state index is -0.477. The Morgan fingerprint density at radius 2 is 1.96 bits per heavy atom. The predicted molar refractivity (Wildman–Crippen MR) is 91.6 cm³/mol. The summed E-state index contributed by atoms with van der Waals surface area (Å²) in [6.45, 7) is 8.09. The van der Waals surface area contributed by atoms with Gasteiger partial charge in [0.05, 0.1) is 24.8 Å². The summed E-state index contributed by atoms with van der Waals surface area (Å²) in [4.78, 5) is 12.3. The first-order valence-corrected chi connectivity index (χ1v) is 8.11. The van der Waals surface area contributed by atoms with Gasteiger partial charge in [-0.1, -0.05) is 25.4 Å². The molecule has 0 radical (unpaired) electrons. The molecule has 0 aliphatic carbocycles. The number of ether oxygens (including phenoxy) is 2. The van der Waals surface area contributed by atoms with E-state index in [1.54, 1.807) is 19.1 Å². The van der Waals surface area contributed by atoms with Crippen LogP contribution >= 0.6 is 11.6 Å². The number of carbonyl (C=O) groups excluding carboxylic acids is 1. The molecule has 0 aliphatic rings. The van der Waals surface area contributed by atoms with Crippen molar-refractivity contribution in [3.05, 3.63) is 22.7 Å². The van der Waals surface area contributed by atoms with Crippen molar-refractivity contribution in [1.29, 1.82) is 0 Å². The summed E-state index contributed by atoms with van der Waals surface area (Å²) in [7, 11) is 1.51. The zero-order valence-electron chi connectivity index (χ0n) is 14.4. The number of halogens is 1. The van der Waals surface area contributed by atoms with Crippen molar-refractivity contribution < 1.29 is 19.4 Å². The average Bonchev–Trinajstić information content (AvgIpc) is 2.43. The van der Waals surface area contributed by atoms with Gasteiger partial charge in [0.15, 0.2) is 11.5 Å². The maximum absolute atomic E-state index is 12.3. The number of amides is 1. The van der Waals surface area contributed by atoms with E-state index in [0.29, 0.717) is 41.0 Å². The van der Waals surface area contributed by atoms with Crippen LogP contribution in [-0.2, 0) is 0 Å². The van der Waals surface area contributed by atoms with Crippen LogP contribution < -0.4 is 14.8 Å². The summed E-state index contributed by atoms with van der Waals surface area (Å²) < 4.78 is 11.0. The third-order valence-electron chi connectivity index (χ3n) is 3.12. The van der Waals surface area contributed by atoms with Gasteiger partial charge in [0.1, 0.15) is 0 Å². The molecule has 2 N–H and O–H groups in total. The number of rotatable bonds is 8. The van der Waals surface area contributed by atoms with E-state index >= 15 is 0 Å². The van der Waals surface area contributed by atoms with Gasteiger partial charge in [0.25, 0.3) is 5.91 Å². The van der Waals surface area contributed by atoms with Crippen LogP contribution in [0.15, 0.2) is 12.1 Å². The van der Waals surface area contributed by atoms with Crippen molar-refractivity contribution in [1.82, 2.24) is 5.32 Å². The van der Waals surface area contributed by atoms with Gasteiger partial charge in [-0.25, -0.2) is 0 Å². The van der Waals surface area contributed by atoms with Crippen LogP contribution in [0, 0.1) is 5.92 Å². The molecule has 130 valence electrons. The SMILES string of the molecule is COc1cc(C(=O)N[C@H](C)C[C@@H](C)O)cc(Cl)c1OCC(C)C. The van der Waals surface area contributed by atoms with Crippen LogP contribution in [0.4, 0.5) is 0 Å². The molecular weight excluding hydrogens is 318 g/mol. The van der Waals surface area contributed by atoms with Gasteiger partial charge in [-0.15, -0.1) is 0 Å². The monoisotopic (exact) mass is 343 g/mol. The minimum absolute atomic E-state index is 0.149. The summed E-state index contributed by atoms with van der Waals surface area (Å²) >= 11 is 6.24. The molecule has 1 aromatic rings. The van der Waals surface area contributed by atoms with E-state index in [9.17, 15) is 9.90 Å². The van der Waals surface area contributed by atoms with E-state index in [-0.39, 0.29) is 11.9 Å². The number of hydrogen-bond acceptors (Lipinski definition) is 4. The molecular formula is C17H26ClNO4. The lowest BCUT2D eigenvalue weighted by Crippen LogP contribution is -2.34. The lowest BCUT2D eigenvalue weighted by atomic mass is 10.1. The van der Waals surface area contributed by atoms with Crippen molar-refractivity contribution >= 4 is 17.5 Å². The van der Waals surface area contributed by atoms with Crippen LogP contribution in [0.1, 0.15) is 44.5 Å². The topological polar surface area (TPSA) is 67.8 Å². The smallest absolute Gasteiger partial charge is 0.251 e. The van der Waals surface area contributed by atoms with Crippen LogP contribution in [0.25, 0.3) is 0 Å². The lowest BCUT2D eigenvalue weighted by molar-refractivity contribution is 0.0922. The highest BCUT2D eigenvalue weighted by Gasteiger charge is 2.18. The van der Waals surface area contributed by atoms with Crippen molar-refractivity contribution in [2.24, 2.45) is 5.92 Å². The highest BCUT2D eigenvalue weighted by Crippen LogP contribution is 2.36. The summed E-state index contributed by atoms with van der Waals surface area (Å²) in [5.74, 6) is 0.941. The molecule has 0 spiro atoms. The second-order valence-corrected chi connectivity index (χ2v) is 6.56. The first-order chi connectivity index (χ1) is 10.7. The normalized spacial score (nSPS) is 13.6. The van der Waals surface area contributed by atoms with Gasteiger partial charge in [-0.05, 0) is 38.3 Å². The van der Waals surface area contributed by atoms with Crippen LogP contribution in [0.5, 0.6) is 11.5 Å². The summed E-state index contributed by atoms with van der Waals surface area (Å²) in [5.41, 5.74) is 0.390. The standard InChI is InChI=1S/C17H26ClNO4/c1-10(2)9-23-16-14(18)7-13(8-15(16)22-5)17(21)19-11(3)6-12(4)20/h7-8,10-12,20H,6,9H2,1-5H3,(H,19,21)/t11-,12-/m1/s1. The summed E-state index contributed by atoms with van der Waals surface area (Å²) in [5, 5.41) is 12.5. The molecule has 2 atom stereocenters. The molecule has 0 heterocycles. The summed E-state index contributed by atoms with van der Waals surface area (Å²) in [6.07, 6.45) is 0.00173. The highest BCUT2D eigenvalue weighted by atomic mass is 35.5. The van der Waals surface area contributed by atoms with Gasteiger partial charge in [-0.2, -0.15) is 0 Å². The minimum Gasteiger partial charge on any atom is -0.493 e. The van der Waals surface area contributed by atoms with Crippen LogP contribution in [0.3, 0.4) is 0 Å². The maximum Gasteiger partial charge on any atom is 0.251 e. The van der Waals surface area contributed by atoms with Crippen molar-refractivity contribution in [2.45, 2.75) is 46.3 Å². The van der Waals surface area contributed by atoms with Gasteiger partial charge in [0.2, 0.25) is 0 Å². The van der Waals surface area contributed by atoms with Gasteiger partial charge < -0.3 is 19.9 Å². The van der Waals surface area contributed by atoms with Gasteiger partial charge in [-0.3, -0.25) is 4.79 Å². The van der Waals surface area contributed by atoms with E-state index in [1.807, 2.05) is 20.8 Å². The number of aliphatic hydroxyl groups is 1. The van der Waals surface area contributed by atoms with E-state index < -0.39 is 6.10 Å². The Labute approximate surface area is 142 Å². The molecule has 0 aliphatic heterocycles. The Hall–Kier alpha value is -1.46. The Bertz CT molecular complexity index is 532. The Morgan fingerprint density at radius 1 is 1.30 bits per heavy atom. The van der Waals surface area contributed by atoms with Crippen molar-refractivity contribution in [3.8, 4) is 11.5 Å². The van der Waals surface area contributed by atoms with Crippen LogP contribution in [-0.4, -0.2) is 36.9 Å². The third-order valence-corrected chi connectivity index (χ3v) is 3.41. The van der Waals surface area contributed by atoms with E-state index in [0.717, 1.165) is 0 Å². The molecule has 23 heavy (non-hydrogen) atoms.